The van der Waals surface area contributed by atoms with Crippen LogP contribution in [0.5, 0.6) is 5.75 Å². The van der Waals surface area contributed by atoms with Crippen LogP contribution in [0.15, 0.2) is 58.6 Å². The summed E-state index contributed by atoms with van der Waals surface area (Å²) in [6, 6.07) is 15.8. The van der Waals surface area contributed by atoms with Gasteiger partial charge in [-0.25, -0.2) is 0 Å². The van der Waals surface area contributed by atoms with Crippen molar-refractivity contribution >= 4 is 39.5 Å². The molecule has 8 heteroatoms. The van der Waals surface area contributed by atoms with Crippen LogP contribution in [0, 0.1) is 11.3 Å². The van der Waals surface area contributed by atoms with Gasteiger partial charge in [0.1, 0.15) is 17.4 Å². The maximum Gasteiger partial charge on any atom is 0.266 e. The van der Waals surface area contributed by atoms with Gasteiger partial charge in [0.25, 0.3) is 11.8 Å². The third kappa shape index (κ3) is 7.24. The zero-order chi connectivity index (χ0) is 22.1. The molecule has 1 aliphatic rings. The summed E-state index contributed by atoms with van der Waals surface area (Å²) >= 11 is 3.33. The molecule has 0 aliphatic carbocycles. The topological polar surface area (TPSA) is 100 Å². The number of carbonyl (C=O) groups is 2. The predicted octanol–water partition coefficient (Wildman–Crippen LogP) is 3.67. The molecule has 0 aromatic heterocycles. The summed E-state index contributed by atoms with van der Waals surface area (Å²) in [5.41, 5.74) is 1.23. The van der Waals surface area contributed by atoms with Gasteiger partial charge in [0.15, 0.2) is 6.61 Å². The van der Waals surface area contributed by atoms with Crippen molar-refractivity contribution in [3.63, 3.8) is 0 Å². The number of amides is 2. The first-order valence-corrected chi connectivity index (χ1v) is 10.6. The number of benzene rings is 2. The largest absolute Gasteiger partial charge is 0.484 e. The molecular weight excluding hydrogens is 462 g/mol. The second-order valence-electron chi connectivity index (χ2n) is 6.93. The highest BCUT2D eigenvalue weighted by atomic mass is 79.9. The Bertz CT molecular complexity index is 975. The Morgan fingerprint density at radius 2 is 1.94 bits per heavy atom. The molecule has 1 fully saturated rings. The Balaban J connectivity index is 1.51. The first-order valence-electron chi connectivity index (χ1n) is 9.83. The first kappa shape index (κ1) is 22.5. The minimum atomic E-state index is -0.493. The molecule has 160 valence electrons. The van der Waals surface area contributed by atoms with Gasteiger partial charge in [-0.05, 0) is 60.9 Å². The third-order valence-electron chi connectivity index (χ3n) is 4.58. The lowest BCUT2D eigenvalue weighted by molar-refractivity contribution is -0.123. The molecule has 2 N–H and O–H groups in total. The van der Waals surface area contributed by atoms with Crippen LogP contribution in [0.2, 0.25) is 0 Å². The highest BCUT2D eigenvalue weighted by Crippen LogP contribution is 2.17. The van der Waals surface area contributed by atoms with Gasteiger partial charge < -0.3 is 20.1 Å². The van der Waals surface area contributed by atoms with Gasteiger partial charge in [0, 0.05) is 23.3 Å². The summed E-state index contributed by atoms with van der Waals surface area (Å²) < 4.78 is 11.8. The fraction of sp³-hybridized carbons (Fsp3) is 0.261. The molecule has 3 rings (SSSR count). The summed E-state index contributed by atoms with van der Waals surface area (Å²) in [6.45, 7) is 1.14. The molecule has 31 heavy (non-hydrogen) atoms. The lowest BCUT2D eigenvalue weighted by Crippen LogP contribution is -2.35. The second-order valence-corrected chi connectivity index (χ2v) is 7.84. The Labute approximate surface area is 189 Å². The van der Waals surface area contributed by atoms with Crippen LogP contribution in [-0.4, -0.2) is 37.7 Å². The number of ether oxygens (including phenoxy) is 2. The van der Waals surface area contributed by atoms with Crippen molar-refractivity contribution in [1.29, 1.82) is 5.26 Å². The Morgan fingerprint density at radius 3 is 2.58 bits per heavy atom. The molecule has 0 saturated carbocycles. The number of hydrogen-bond donors (Lipinski definition) is 2. The maximum absolute atomic E-state index is 12.3. The predicted molar refractivity (Wildman–Crippen MR) is 120 cm³/mol. The SMILES string of the molecule is N#C/C(=C\c1ccc(OCC(=O)NC[C@@H]2CCCO2)cc1)C(=O)Nc1ccc(Br)cc1. The van der Waals surface area contributed by atoms with Crippen LogP contribution in [0.1, 0.15) is 18.4 Å². The standard InChI is InChI=1S/C23H22BrN3O4/c24-18-5-7-19(8-6-18)27-23(29)17(13-25)12-16-3-9-20(10-4-16)31-15-22(28)26-14-21-2-1-11-30-21/h3-10,12,21H,1-2,11,14-15H2,(H,26,28)(H,27,29)/b17-12+/t21-/m0/s1. The summed E-state index contributed by atoms with van der Waals surface area (Å²) in [5.74, 6) is -0.189. The number of nitrogens with one attached hydrogen (secondary N) is 2. The molecule has 1 atom stereocenters. The number of halogens is 1. The Hall–Kier alpha value is -3.15. The monoisotopic (exact) mass is 483 g/mol. The fourth-order valence-electron chi connectivity index (χ4n) is 2.94. The molecule has 0 spiro atoms. The number of anilines is 1. The van der Waals surface area contributed by atoms with Gasteiger partial charge in [-0.15, -0.1) is 0 Å². The van der Waals surface area contributed by atoms with Crippen LogP contribution < -0.4 is 15.4 Å². The van der Waals surface area contributed by atoms with E-state index in [1.807, 2.05) is 6.07 Å². The smallest absolute Gasteiger partial charge is 0.266 e. The van der Waals surface area contributed by atoms with Gasteiger partial charge in [-0.1, -0.05) is 28.1 Å². The van der Waals surface area contributed by atoms with E-state index in [1.54, 1.807) is 48.5 Å². The van der Waals surface area contributed by atoms with Gasteiger partial charge in [0.2, 0.25) is 0 Å². The minimum absolute atomic E-state index is 0.0231. The lowest BCUT2D eigenvalue weighted by atomic mass is 10.1. The average molecular weight is 484 g/mol. The summed E-state index contributed by atoms with van der Waals surface area (Å²) in [7, 11) is 0. The molecule has 0 unspecified atom stereocenters. The lowest BCUT2D eigenvalue weighted by Gasteiger charge is -2.11. The van der Waals surface area contributed by atoms with E-state index in [1.165, 1.54) is 6.08 Å². The zero-order valence-corrected chi connectivity index (χ0v) is 18.4. The normalized spacial score (nSPS) is 15.7. The van der Waals surface area contributed by atoms with E-state index < -0.39 is 5.91 Å². The van der Waals surface area contributed by atoms with Crippen molar-refractivity contribution in [1.82, 2.24) is 5.32 Å². The van der Waals surface area contributed by atoms with Gasteiger partial charge >= 0.3 is 0 Å². The van der Waals surface area contributed by atoms with E-state index in [0.29, 0.717) is 23.5 Å². The van der Waals surface area contributed by atoms with E-state index in [0.717, 1.165) is 23.9 Å². The van der Waals surface area contributed by atoms with E-state index in [-0.39, 0.29) is 24.2 Å². The number of rotatable bonds is 8. The van der Waals surface area contributed by atoms with E-state index in [4.69, 9.17) is 9.47 Å². The van der Waals surface area contributed by atoms with Crippen molar-refractivity contribution in [2.75, 3.05) is 25.1 Å². The van der Waals surface area contributed by atoms with Crippen molar-refractivity contribution in [3.05, 3.63) is 64.1 Å². The van der Waals surface area contributed by atoms with Crippen LogP contribution in [0.25, 0.3) is 6.08 Å². The summed E-state index contributed by atoms with van der Waals surface area (Å²) in [6.07, 6.45) is 3.57. The molecule has 0 radical (unpaired) electrons. The van der Waals surface area contributed by atoms with Crippen LogP contribution in [0.3, 0.4) is 0 Å². The van der Waals surface area contributed by atoms with Gasteiger partial charge in [-0.2, -0.15) is 5.26 Å². The highest BCUT2D eigenvalue weighted by Gasteiger charge is 2.16. The van der Waals surface area contributed by atoms with Crippen LogP contribution in [-0.2, 0) is 14.3 Å². The van der Waals surface area contributed by atoms with Gasteiger partial charge in [0.05, 0.1) is 6.10 Å². The van der Waals surface area contributed by atoms with Crippen molar-refractivity contribution in [3.8, 4) is 11.8 Å². The van der Waals surface area contributed by atoms with E-state index in [9.17, 15) is 14.9 Å². The molecule has 1 heterocycles. The molecule has 2 aromatic carbocycles. The number of nitriles is 1. The molecule has 2 aromatic rings. The van der Waals surface area contributed by atoms with Crippen molar-refractivity contribution in [2.24, 2.45) is 0 Å². The molecule has 7 nitrogen and oxygen atoms in total. The maximum atomic E-state index is 12.3. The van der Waals surface area contributed by atoms with Crippen LogP contribution in [0.4, 0.5) is 5.69 Å². The highest BCUT2D eigenvalue weighted by molar-refractivity contribution is 9.10. The molecular formula is C23H22BrN3O4. The first-order chi connectivity index (χ1) is 15.0. The Kier molecular flexibility index (Phi) is 8.21. The van der Waals surface area contributed by atoms with E-state index >= 15 is 0 Å². The van der Waals surface area contributed by atoms with Crippen molar-refractivity contribution < 1.29 is 19.1 Å². The molecule has 1 saturated heterocycles. The van der Waals surface area contributed by atoms with Crippen molar-refractivity contribution in [2.45, 2.75) is 18.9 Å². The fourth-order valence-corrected chi connectivity index (χ4v) is 3.20. The second kappa shape index (κ2) is 11.3. The minimum Gasteiger partial charge on any atom is -0.484 e. The number of nitrogens with zero attached hydrogens (tertiary/aromatic N) is 1. The molecule has 0 bridgehead atoms. The third-order valence-corrected chi connectivity index (χ3v) is 5.11. The summed E-state index contributed by atoms with van der Waals surface area (Å²) in [5, 5.41) is 14.8. The zero-order valence-electron chi connectivity index (χ0n) is 16.8. The van der Waals surface area contributed by atoms with E-state index in [2.05, 4.69) is 26.6 Å². The number of hydrogen-bond acceptors (Lipinski definition) is 5. The van der Waals surface area contributed by atoms with Gasteiger partial charge in [-0.3, -0.25) is 9.59 Å². The summed E-state index contributed by atoms with van der Waals surface area (Å²) in [4.78, 5) is 24.2. The molecule has 1 aliphatic heterocycles. The Morgan fingerprint density at radius 1 is 1.19 bits per heavy atom. The van der Waals surface area contributed by atoms with Crippen LogP contribution >= 0.6 is 15.9 Å². The molecule has 2 amide bonds. The quantitative estimate of drug-likeness (QED) is 0.440. The average Bonchev–Trinajstić information content (AvgIpc) is 3.30. The number of carbonyl (C=O) groups excluding carboxylic acids is 2.